The number of anilines is 1. The summed E-state index contributed by atoms with van der Waals surface area (Å²) in [5, 5.41) is 0. The molecule has 0 radical (unpaired) electrons. The van der Waals surface area contributed by atoms with Crippen molar-refractivity contribution in [3.8, 4) is 0 Å². The molecule has 170 valence electrons. The van der Waals surface area contributed by atoms with Crippen molar-refractivity contribution in [3.63, 3.8) is 0 Å². The Labute approximate surface area is 197 Å². The molecular formula is C25H33Cl2FN2O. The van der Waals surface area contributed by atoms with Crippen LogP contribution in [0, 0.1) is 5.82 Å². The fourth-order valence-corrected chi connectivity index (χ4v) is 5.81. The Hall–Kier alpha value is -1.33. The Bertz CT molecular complexity index is 873. The zero-order valence-corrected chi connectivity index (χ0v) is 20.0. The molecule has 2 aromatic carbocycles. The first-order valence-electron chi connectivity index (χ1n) is 11.0. The van der Waals surface area contributed by atoms with Crippen molar-refractivity contribution < 1.29 is 9.13 Å². The fourth-order valence-electron chi connectivity index (χ4n) is 5.81. The largest absolute Gasteiger partial charge is 0.369 e. The monoisotopic (exact) mass is 466 g/mol. The van der Waals surface area contributed by atoms with Crippen molar-refractivity contribution >= 4 is 30.5 Å². The summed E-state index contributed by atoms with van der Waals surface area (Å²) in [5.41, 5.74) is 3.64. The summed E-state index contributed by atoms with van der Waals surface area (Å²) in [6.07, 6.45) is 4.61. The maximum atomic E-state index is 13.2. The van der Waals surface area contributed by atoms with E-state index >= 15 is 0 Å². The zero-order valence-electron chi connectivity index (χ0n) is 18.4. The van der Waals surface area contributed by atoms with Crippen LogP contribution in [0.25, 0.3) is 0 Å². The number of halogens is 3. The molecule has 31 heavy (non-hydrogen) atoms. The Morgan fingerprint density at radius 2 is 1.42 bits per heavy atom. The molecule has 0 bridgehead atoms. The van der Waals surface area contributed by atoms with Gasteiger partial charge in [-0.25, -0.2) is 4.39 Å². The predicted molar refractivity (Wildman–Crippen MR) is 129 cm³/mol. The van der Waals surface area contributed by atoms with E-state index in [9.17, 15) is 4.39 Å². The molecule has 3 aliphatic rings. The standard InChI is InChI=1S/C25H31FN2O.2ClH/c1-24(2)22-5-3-4-6-23(22)25(29-24)13-11-21(12-14-25)28-17-15-27(16-18-28)20-9-7-19(26)8-10-20;;/h3-10,21H,11-18H2,1-2H3;2*1H/t21-,25-;;. The second-order valence-corrected chi connectivity index (χ2v) is 9.38. The summed E-state index contributed by atoms with van der Waals surface area (Å²) >= 11 is 0. The number of fused-ring (bicyclic) bond motifs is 2. The number of rotatable bonds is 2. The first-order chi connectivity index (χ1) is 14.0. The van der Waals surface area contributed by atoms with Crippen LogP contribution in [0.3, 0.4) is 0 Å². The van der Waals surface area contributed by atoms with E-state index in [0.29, 0.717) is 6.04 Å². The maximum absolute atomic E-state index is 13.2. The van der Waals surface area contributed by atoms with Gasteiger partial charge in [0.05, 0.1) is 11.2 Å². The lowest BCUT2D eigenvalue weighted by molar-refractivity contribution is -0.149. The molecule has 1 saturated heterocycles. The van der Waals surface area contributed by atoms with Gasteiger partial charge in [-0.2, -0.15) is 0 Å². The van der Waals surface area contributed by atoms with E-state index in [4.69, 9.17) is 4.74 Å². The number of hydrogen-bond acceptors (Lipinski definition) is 3. The molecule has 2 aliphatic heterocycles. The lowest BCUT2D eigenvalue weighted by Crippen LogP contribution is -2.52. The molecule has 1 spiro atoms. The summed E-state index contributed by atoms with van der Waals surface area (Å²) < 4.78 is 19.9. The molecule has 2 aromatic rings. The van der Waals surface area contributed by atoms with Gasteiger partial charge in [-0.1, -0.05) is 24.3 Å². The van der Waals surface area contributed by atoms with E-state index in [1.165, 1.54) is 24.0 Å². The molecule has 0 N–H and O–H groups in total. The predicted octanol–water partition coefficient (Wildman–Crippen LogP) is 5.89. The van der Waals surface area contributed by atoms with E-state index in [0.717, 1.165) is 44.7 Å². The van der Waals surface area contributed by atoms with Crippen LogP contribution in [0.2, 0.25) is 0 Å². The molecule has 2 fully saturated rings. The molecule has 1 saturated carbocycles. The van der Waals surface area contributed by atoms with Crippen LogP contribution in [-0.4, -0.2) is 37.1 Å². The highest BCUT2D eigenvalue weighted by Gasteiger charge is 2.50. The van der Waals surface area contributed by atoms with Gasteiger partial charge < -0.3 is 9.64 Å². The second kappa shape index (κ2) is 9.27. The van der Waals surface area contributed by atoms with Crippen LogP contribution in [0.4, 0.5) is 10.1 Å². The molecule has 1 aliphatic carbocycles. The summed E-state index contributed by atoms with van der Waals surface area (Å²) in [4.78, 5) is 5.04. The summed E-state index contributed by atoms with van der Waals surface area (Å²) in [7, 11) is 0. The van der Waals surface area contributed by atoms with Gasteiger partial charge in [0.2, 0.25) is 0 Å². The van der Waals surface area contributed by atoms with Crippen molar-refractivity contribution in [1.82, 2.24) is 4.90 Å². The Morgan fingerprint density at radius 1 is 0.839 bits per heavy atom. The molecular weight excluding hydrogens is 434 g/mol. The van der Waals surface area contributed by atoms with E-state index in [2.05, 4.69) is 47.9 Å². The van der Waals surface area contributed by atoms with Gasteiger partial charge in [-0.15, -0.1) is 24.8 Å². The van der Waals surface area contributed by atoms with E-state index in [1.807, 2.05) is 12.1 Å². The summed E-state index contributed by atoms with van der Waals surface area (Å²) in [5.74, 6) is -0.164. The van der Waals surface area contributed by atoms with Crippen LogP contribution in [-0.2, 0) is 15.9 Å². The molecule has 3 nitrogen and oxygen atoms in total. The van der Waals surface area contributed by atoms with E-state index < -0.39 is 0 Å². The minimum Gasteiger partial charge on any atom is -0.369 e. The van der Waals surface area contributed by atoms with Crippen molar-refractivity contribution in [2.75, 3.05) is 31.1 Å². The lowest BCUT2D eigenvalue weighted by Gasteiger charge is -2.45. The molecule has 5 rings (SSSR count). The van der Waals surface area contributed by atoms with Gasteiger partial charge in [0, 0.05) is 37.9 Å². The first-order valence-corrected chi connectivity index (χ1v) is 11.0. The number of hydrogen-bond donors (Lipinski definition) is 0. The van der Waals surface area contributed by atoms with Gasteiger partial charge in [-0.3, -0.25) is 4.90 Å². The third-order valence-electron chi connectivity index (χ3n) is 7.30. The third kappa shape index (κ3) is 4.45. The van der Waals surface area contributed by atoms with Gasteiger partial charge in [-0.05, 0) is 74.9 Å². The minimum absolute atomic E-state index is 0. The molecule has 0 atom stereocenters. The zero-order chi connectivity index (χ0) is 20.1. The number of nitrogens with zero attached hydrogens (tertiary/aromatic N) is 2. The van der Waals surface area contributed by atoms with Crippen LogP contribution in [0.5, 0.6) is 0 Å². The highest BCUT2D eigenvalue weighted by Crippen LogP contribution is 2.53. The average Bonchev–Trinajstić information content (AvgIpc) is 2.96. The van der Waals surface area contributed by atoms with Crippen molar-refractivity contribution in [1.29, 1.82) is 0 Å². The van der Waals surface area contributed by atoms with Crippen LogP contribution >= 0.6 is 24.8 Å². The smallest absolute Gasteiger partial charge is 0.123 e. The SMILES string of the molecule is CC1(C)O[C@]2(CC[C@H](N3CCN(c4ccc(F)cc4)CC3)CC2)c2ccccc21.Cl.Cl. The topological polar surface area (TPSA) is 15.7 Å². The fraction of sp³-hybridized carbons (Fsp3) is 0.520. The van der Waals surface area contributed by atoms with Gasteiger partial charge >= 0.3 is 0 Å². The Morgan fingerprint density at radius 3 is 2.03 bits per heavy atom. The third-order valence-corrected chi connectivity index (χ3v) is 7.30. The second-order valence-electron chi connectivity index (χ2n) is 9.38. The molecule has 0 aromatic heterocycles. The first kappa shape index (κ1) is 24.3. The minimum atomic E-state index is -0.190. The van der Waals surface area contributed by atoms with Gasteiger partial charge in [0.25, 0.3) is 0 Å². The van der Waals surface area contributed by atoms with Gasteiger partial charge in [0.15, 0.2) is 0 Å². The lowest BCUT2D eigenvalue weighted by atomic mass is 9.76. The molecule has 0 unspecified atom stereocenters. The van der Waals surface area contributed by atoms with Crippen LogP contribution in [0.15, 0.2) is 48.5 Å². The summed E-state index contributed by atoms with van der Waals surface area (Å²) in [6, 6.07) is 16.4. The Balaban J connectivity index is 0.00000136. The summed E-state index contributed by atoms with van der Waals surface area (Å²) in [6.45, 7) is 8.61. The van der Waals surface area contributed by atoms with Crippen molar-refractivity contribution in [2.45, 2.75) is 56.8 Å². The average molecular weight is 467 g/mol. The molecule has 2 heterocycles. The number of benzene rings is 2. The van der Waals surface area contributed by atoms with E-state index in [-0.39, 0.29) is 41.8 Å². The molecule has 6 heteroatoms. The highest BCUT2D eigenvalue weighted by atomic mass is 35.5. The normalized spacial score (nSPS) is 27.3. The maximum Gasteiger partial charge on any atom is 0.123 e. The van der Waals surface area contributed by atoms with Crippen molar-refractivity contribution in [2.24, 2.45) is 0 Å². The van der Waals surface area contributed by atoms with E-state index in [1.54, 1.807) is 12.1 Å². The Kier molecular flexibility index (Phi) is 7.27. The van der Waals surface area contributed by atoms with Crippen molar-refractivity contribution in [3.05, 3.63) is 65.5 Å². The number of piperazine rings is 1. The van der Waals surface area contributed by atoms with Crippen LogP contribution < -0.4 is 4.90 Å². The van der Waals surface area contributed by atoms with Crippen LogP contribution in [0.1, 0.15) is 50.7 Å². The quantitative estimate of drug-likeness (QED) is 0.548. The van der Waals surface area contributed by atoms with Gasteiger partial charge in [0.1, 0.15) is 5.82 Å². The number of ether oxygens (including phenoxy) is 1. The molecule has 0 amide bonds. The highest BCUT2D eigenvalue weighted by molar-refractivity contribution is 5.85.